The van der Waals surface area contributed by atoms with Crippen molar-refractivity contribution in [2.24, 2.45) is 0 Å². The van der Waals surface area contributed by atoms with Gasteiger partial charge in [0.1, 0.15) is 0 Å². The van der Waals surface area contributed by atoms with Crippen LogP contribution in [0.2, 0.25) is 0 Å². The quantitative estimate of drug-likeness (QED) is 0.194. The van der Waals surface area contributed by atoms with Crippen LogP contribution in [0.1, 0.15) is 0 Å². The van der Waals surface area contributed by atoms with E-state index in [1.807, 2.05) is 0 Å². The summed E-state index contributed by atoms with van der Waals surface area (Å²) in [6, 6.07) is 68.6. The summed E-state index contributed by atoms with van der Waals surface area (Å²) in [6.45, 7) is 0. The van der Waals surface area contributed by atoms with E-state index < -0.39 is 16.0 Å². The zero-order valence-electron chi connectivity index (χ0n) is 25.1. The van der Waals surface area contributed by atoms with Crippen LogP contribution in [-0.4, -0.2) is 23.0 Å². The molecule has 0 saturated carbocycles. The van der Waals surface area contributed by atoms with Crippen LogP contribution in [0.3, 0.4) is 0 Å². The van der Waals surface area contributed by atoms with E-state index in [4.69, 9.17) is 0 Å². The molecule has 0 amide bonds. The van der Waals surface area contributed by atoms with Gasteiger partial charge >= 0.3 is 220 Å². The third-order valence-electron chi connectivity index (χ3n) is 9.31. The molecule has 9 rings (SSSR count). The Bertz CT molecular complexity index is 2070. The van der Waals surface area contributed by atoms with Crippen molar-refractivity contribution in [2.45, 2.75) is 0 Å². The maximum atomic E-state index is 2.46. The second-order valence-electron chi connectivity index (χ2n) is 11.7. The van der Waals surface area contributed by atoms with E-state index in [-0.39, 0.29) is 0 Å². The molecular formula is C42H30NPSeSi. The summed E-state index contributed by atoms with van der Waals surface area (Å²) in [6.07, 6.45) is 0. The molecule has 0 fully saturated rings. The Balaban J connectivity index is 1.23. The van der Waals surface area contributed by atoms with Crippen molar-refractivity contribution >= 4 is 93.6 Å². The van der Waals surface area contributed by atoms with Gasteiger partial charge in [-0.3, -0.25) is 0 Å². The predicted molar refractivity (Wildman–Crippen MR) is 202 cm³/mol. The van der Waals surface area contributed by atoms with Crippen LogP contribution in [0.5, 0.6) is 0 Å². The fraction of sp³-hybridized carbons (Fsp3) is 0. The first-order valence-corrected chi connectivity index (χ1v) is 20.8. The Hall–Kier alpha value is -4.49. The van der Waals surface area contributed by atoms with Gasteiger partial charge in [0, 0.05) is 0 Å². The Morgan fingerprint density at radius 3 is 1.37 bits per heavy atom. The molecule has 0 unspecified atom stereocenters. The molecule has 1 nitrogen and oxygen atoms in total. The number of anilines is 3. The average Bonchev–Trinajstić information content (AvgIpc) is 3.14. The number of para-hydroxylation sites is 2. The van der Waals surface area contributed by atoms with Gasteiger partial charge in [0.05, 0.1) is 0 Å². The van der Waals surface area contributed by atoms with Gasteiger partial charge in [0.25, 0.3) is 0 Å². The number of hydrogen-bond acceptors (Lipinski definition) is 1. The zero-order chi connectivity index (χ0) is 30.5. The molecule has 46 heavy (non-hydrogen) atoms. The van der Waals surface area contributed by atoms with Gasteiger partial charge in [-0.15, -0.1) is 0 Å². The number of hydrogen-bond donors (Lipinski definition) is 0. The molecule has 0 atom stereocenters. The fourth-order valence-corrected chi connectivity index (χ4v) is 18.6. The van der Waals surface area contributed by atoms with Crippen molar-refractivity contribution in [1.29, 1.82) is 0 Å². The predicted octanol–water partition coefficient (Wildman–Crippen LogP) is 4.57. The summed E-state index contributed by atoms with van der Waals surface area (Å²) in [7, 11) is -3.31. The molecule has 0 aliphatic carbocycles. The van der Waals surface area contributed by atoms with E-state index >= 15 is 0 Å². The van der Waals surface area contributed by atoms with Crippen molar-refractivity contribution in [1.82, 2.24) is 0 Å². The minimum absolute atomic E-state index is 0.302. The van der Waals surface area contributed by atoms with Gasteiger partial charge in [0.2, 0.25) is 0 Å². The fourth-order valence-electron chi connectivity index (χ4n) is 7.42. The van der Waals surface area contributed by atoms with Crippen molar-refractivity contribution in [3.63, 3.8) is 0 Å². The smallest absolute Gasteiger partial charge is 0.0619 e. The molecular weight excluding hydrogens is 656 g/mol. The molecule has 0 aromatic heterocycles. The molecule has 7 aromatic carbocycles. The Labute approximate surface area is 279 Å². The first-order chi connectivity index (χ1) is 22.8. The summed E-state index contributed by atoms with van der Waals surface area (Å²) >= 11 is 0.302. The maximum Gasteiger partial charge on any atom is -0.0619 e. The van der Waals surface area contributed by atoms with E-state index in [0.717, 1.165) is 0 Å². The van der Waals surface area contributed by atoms with Crippen LogP contribution in [0, 0.1) is 0 Å². The average molecular weight is 687 g/mol. The molecule has 0 spiro atoms. The number of nitrogens with zero attached hydrogens (tertiary/aromatic N) is 1. The minimum atomic E-state index is -2.56. The van der Waals surface area contributed by atoms with Crippen LogP contribution in [0.15, 0.2) is 182 Å². The molecule has 0 radical (unpaired) electrons. The first kappa shape index (κ1) is 27.8. The third-order valence-corrected chi connectivity index (χ3v) is 19.5. The van der Waals surface area contributed by atoms with Crippen LogP contribution in [0.25, 0.3) is 0 Å². The maximum absolute atomic E-state index is 2.56. The molecule has 2 aliphatic rings. The SMILES string of the molecule is c1ccc([Si]2(c3ccccc3)c3ccccc3P(c3ccc(N4c5ccccc5[Se]c5ccccc54)cc3)c3ccccc32)cc1. The Morgan fingerprint density at radius 1 is 0.413 bits per heavy atom. The molecule has 0 N–H and O–H groups in total. The molecule has 218 valence electrons. The van der Waals surface area contributed by atoms with Crippen LogP contribution in [-0.2, 0) is 0 Å². The monoisotopic (exact) mass is 687 g/mol. The van der Waals surface area contributed by atoms with Crippen molar-refractivity contribution in [3.05, 3.63) is 182 Å². The first-order valence-electron chi connectivity index (χ1n) is 15.7. The van der Waals surface area contributed by atoms with E-state index in [0.29, 0.717) is 15.0 Å². The van der Waals surface area contributed by atoms with Crippen molar-refractivity contribution in [3.8, 4) is 0 Å². The zero-order valence-corrected chi connectivity index (χ0v) is 28.7. The Kier molecular flexibility index (Phi) is 6.88. The summed E-state index contributed by atoms with van der Waals surface area (Å²) < 4.78 is 2.86. The van der Waals surface area contributed by atoms with E-state index in [1.54, 1.807) is 0 Å². The van der Waals surface area contributed by atoms with Crippen molar-refractivity contribution < 1.29 is 0 Å². The van der Waals surface area contributed by atoms with Gasteiger partial charge in [0.15, 0.2) is 0 Å². The largest absolute Gasteiger partial charge is 0.0623 e. The number of rotatable bonds is 4. The summed E-state index contributed by atoms with van der Waals surface area (Å²) in [5.74, 6) is 0. The normalized spacial score (nSPS) is 14.5. The van der Waals surface area contributed by atoms with Crippen LogP contribution < -0.4 is 50.5 Å². The number of benzene rings is 7. The van der Waals surface area contributed by atoms with Gasteiger partial charge in [-0.25, -0.2) is 0 Å². The van der Waals surface area contributed by atoms with Gasteiger partial charge in [-0.2, -0.15) is 0 Å². The van der Waals surface area contributed by atoms with E-state index in [1.165, 1.54) is 62.6 Å². The second kappa shape index (κ2) is 11.4. The summed E-state index contributed by atoms with van der Waals surface area (Å²) in [5.41, 5.74) is 3.81. The van der Waals surface area contributed by atoms with E-state index in [2.05, 4.69) is 187 Å². The summed E-state index contributed by atoms with van der Waals surface area (Å²) in [5, 5.41) is 10.3. The van der Waals surface area contributed by atoms with Crippen LogP contribution >= 0.6 is 7.92 Å². The van der Waals surface area contributed by atoms with Gasteiger partial charge in [-0.1, -0.05) is 60.7 Å². The summed E-state index contributed by atoms with van der Waals surface area (Å²) in [4.78, 5) is 2.46. The standard InChI is InChI=1S/C42H30NPSeSi/c1-3-15-33(16-4-1)46(34-17-5-2-6-18-34)41-25-13-9-21-37(41)44(38-22-10-14-26-42(38)46)32-29-27-31(28-30-32)43-35-19-7-11-23-39(35)45-40-24-12-8-20-36(40)43/h1-30H. The molecule has 2 aliphatic heterocycles. The topological polar surface area (TPSA) is 3.24 Å². The van der Waals surface area contributed by atoms with Crippen molar-refractivity contribution in [2.75, 3.05) is 4.90 Å². The third kappa shape index (κ3) is 4.24. The van der Waals surface area contributed by atoms with E-state index in [9.17, 15) is 0 Å². The Morgan fingerprint density at radius 2 is 0.848 bits per heavy atom. The molecule has 4 heteroatoms. The van der Waals surface area contributed by atoms with Gasteiger partial charge in [-0.05, 0) is 0 Å². The van der Waals surface area contributed by atoms with Gasteiger partial charge < -0.3 is 0 Å². The molecule has 0 bridgehead atoms. The van der Waals surface area contributed by atoms with Crippen LogP contribution in [0.4, 0.5) is 17.1 Å². The minimum Gasteiger partial charge on any atom is -0.0623 e. The molecule has 7 aromatic rings. The molecule has 2 heterocycles. The second-order valence-corrected chi connectivity index (χ2v) is 19.9. The number of fused-ring (bicyclic) bond motifs is 4. The molecule has 0 saturated heterocycles.